The molecule has 4 heteroatoms. The molecule has 0 aliphatic heterocycles. The Labute approximate surface area is 138 Å². The normalized spacial score (nSPS) is 14.3. The highest BCUT2D eigenvalue weighted by Crippen LogP contribution is 2.33. The van der Waals surface area contributed by atoms with Crippen LogP contribution >= 0.6 is 38.5 Å². The molecule has 1 atom stereocenters. The minimum absolute atomic E-state index is 0.269. The lowest BCUT2D eigenvalue weighted by atomic mass is 9.98. The van der Waals surface area contributed by atoms with Crippen LogP contribution in [0.2, 0.25) is 0 Å². The van der Waals surface area contributed by atoms with Crippen LogP contribution in [0.15, 0.2) is 28.7 Å². The van der Waals surface area contributed by atoms with E-state index in [9.17, 15) is 0 Å². The molecule has 0 heterocycles. The summed E-state index contributed by atoms with van der Waals surface area (Å²) >= 11 is 5.98. The molecule has 1 aromatic rings. The van der Waals surface area contributed by atoms with Crippen molar-refractivity contribution in [3.05, 3.63) is 34.3 Å². The molecule has 0 bridgehead atoms. The van der Waals surface area contributed by atoms with Gasteiger partial charge in [0.05, 0.1) is 13.2 Å². The van der Waals surface area contributed by atoms with Crippen LogP contribution in [0.1, 0.15) is 32.3 Å². The summed E-state index contributed by atoms with van der Waals surface area (Å²) in [5.41, 5.74) is 0.923. The predicted molar refractivity (Wildman–Crippen MR) is 92.1 cm³/mol. The van der Waals surface area contributed by atoms with Gasteiger partial charge in [-0.3, -0.25) is 0 Å². The molecule has 19 heavy (non-hydrogen) atoms. The van der Waals surface area contributed by atoms with Crippen LogP contribution in [0.25, 0.3) is 0 Å². The van der Waals surface area contributed by atoms with Crippen LogP contribution in [0, 0.1) is 0 Å². The quantitative estimate of drug-likeness (QED) is 0.308. The molecule has 1 rings (SSSR count). The summed E-state index contributed by atoms with van der Waals surface area (Å²) in [7, 11) is 0. The van der Waals surface area contributed by atoms with Crippen molar-refractivity contribution in [1.29, 1.82) is 0 Å². The molecule has 0 aliphatic carbocycles. The van der Waals surface area contributed by atoms with E-state index in [2.05, 4.69) is 64.5 Å². The summed E-state index contributed by atoms with van der Waals surface area (Å²) < 4.78 is 13.6. The van der Waals surface area contributed by atoms with Crippen molar-refractivity contribution >= 4 is 38.5 Å². The average Bonchev–Trinajstić information content (AvgIpc) is 2.43. The topological polar surface area (TPSA) is 18.5 Å². The van der Waals surface area contributed by atoms with E-state index in [1.165, 1.54) is 12.0 Å². The van der Waals surface area contributed by atoms with E-state index < -0.39 is 0 Å². The molecule has 108 valence electrons. The van der Waals surface area contributed by atoms with Crippen LogP contribution in [0.3, 0.4) is 0 Å². The van der Waals surface area contributed by atoms with E-state index in [0.717, 1.165) is 21.9 Å². The minimum Gasteiger partial charge on any atom is -0.379 e. The van der Waals surface area contributed by atoms with Gasteiger partial charge in [0, 0.05) is 15.5 Å². The third-order valence-electron chi connectivity index (χ3n) is 2.99. The monoisotopic (exact) mass is 440 g/mol. The van der Waals surface area contributed by atoms with Gasteiger partial charge in [0.1, 0.15) is 5.60 Å². The number of rotatable bonds is 9. The molecule has 1 unspecified atom stereocenters. The molecule has 0 amide bonds. The van der Waals surface area contributed by atoms with Gasteiger partial charge in [0.25, 0.3) is 0 Å². The van der Waals surface area contributed by atoms with Gasteiger partial charge in [-0.15, -0.1) is 0 Å². The Hall–Kier alpha value is 0.350. The van der Waals surface area contributed by atoms with Gasteiger partial charge in [0.2, 0.25) is 0 Å². The van der Waals surface area contributed by atoms with E-state index >= 15 is 0 Å². The van der Waals surface area contributed by atoms with Gasteiger partial charge in [-0.05, 0) is 25.0 Å². The van der Waals surface area contributed by atoms with Crippen molar-refractivity contribution in [2.24, 2.45) is 0 Å². The first-order valence-electron chi connectivity index (χ1n) is 6.66. The first-order valence-corrected chi connectivity index (χ1v) is 8.98. The largest absolute Gasteiger partial charge is 0.379 e. The highest BCUT2D eigenvalue weighted by atomic mass is 127. The van der Waals surface area contributed by atoms with E-state index in [1.807, 2.05) is 12.1 Å². The second-order valence-corrected chi connectivity index (χ2v) is 6.28. The number of unbranched alkanes of at least 4 members (excludes halogenated alkanes) is 1. The Kier molecular flexibility index (Phi) is 8.53. The summed E-state index contributed by atoms with van der Waals surface area (Å²) in [5, 5.41) is 0. The van der Waals surface area contributed by atoms with Crippen molar-refractivity contribution in [3.63, 3.8) is 0 Å². The van der Waals surface area contributed by atoms with Gasteiger partial charge in [-0.25, -0.2) is 0 Å². The summed E-state index contributed by atoms with van der Waals surface area (Å²) in [4.78, 5) is 0. The molecule has 0 fully saturated rings. The highest BCUT2D eigenvalue weighted by molar-refractivity contribution is 14.1. The van der Waals surface area contributed by atoms with Gasteiger partial charge in [0.15, 0.2) is 0 Å². The Morgan fingerprint density at radius 1 is 1.21 bits per heavy atom. The molecule has 0 saturated carbocycles. The molecule has 0 aromatic heterocycles. The number of hydrogen-bond acceptors (Lipinski definition) is 2. The zero-order valence-electron chi connectivity index (χ0n) is 11.6. The Morgan fingerprint density at radius 2 is 1.95 bits per heavy atom. The van der Waals surface area contributed by atoms with Crippen molar-refractivity contribution in [2.45, 2.75) is 32.3 Å². The van der Waals surface area contributed by atoms with Gasteiger partial charge in [-0.2, -0.15) is 0 Å². The van der Waals surface area contributed by atoms with E-state index in [1.54, 1.807) is 0 Å². The van der Waals surface area contributed by atoms with Crippen LogP contribution in [-0.4, -0.2) is 24.2 Å². The maximum atomic E-state index is 6.06. The fraction of sp³-hybridized carbons (Fsp3) is 0.600. The SMILES string of the molecule is CCCCOCCOC(C)(CI)c1ccccc1Br. The number of ether oxygens (including phenoxy) is 2. The Bertz CT molecular complexity index is 373. The predicted octanol–water partition coefficient (Wildman–Crippen LogP) is 4.93. The van der Waals surface area contributed by atoms with Crippen LogP contribution in [-0.2, 0) is 15.1 Å². The Morgan fingerprint density at radius 3 is 2.58 bits per heavy atom. The minimum atomic E-state index is -0.269. The van der Waals surface area contributed by atoms with Gasteiger partial charge in [-0.1, -0.05) is 70.1 Å². The van der Waals surface area contributed by atoms with E-state index in [4.69, 9.17) is 9.47 Å². The summed E-state index contributed by atoms with van der Waals surface area (Å²) in [6.07, 6.45) is 2.29. The third kappa shape index (κ3) is 5.69. The standard InChI is InChI=1S/C15H22BrIO2/c1-3-4-9-18-10-11-19-15(2,12-17)13-7-5-6-8-14(13)16/h5-8H,3-4,9-12H2,1-2H3. The lowest BCUT2D eigenvalue weighted by Gasteiger charge is -2.29. The first kappa shape index (κ1) is 17.4. The molecular formula is C15H22BrIO2. The van der Waals surface area contributed by atoms with Crippen molar-refractivity contribution in [3.8, 4) is 0 Å². The number of hydrogen-bond donors (Lipinski definition) is 0. The summed E-state index contributed by atoms with van der Waals surface area (Å²) in [6, 6.07) is 8.24. The van der Waals surface area contributed by atoms with Crippen molar-refractivity contribution in [1.82, 2.24) is 0 Å². The third-order valence-corrected chi connectivity index (χ3v) is 5.14. The van der Waals surface area contributed by atoms with Crippen molar-refractivity contribution in [2.75, 3.05) is 24.2 Å². The Balaban J connectivity index is 2.49. The number of benzene rings is 1. The maximum absolute atomic E-state index is 6.06. The van der Waals surface area contributed by atoms with Crippen molar-refractivity contribution < 1.29 is 9.47 Å². The van der Waals surface area contributed by atoms with Gasteiger partial charge < -0.3 is 9.47 Å². The zero-order valence-corrected chi connectivity index (χ0v) is 15.4. The second kappa shape index (κ2) is 9.32. The maximum Gasteiger partial charge on any atom is 0.100 e. The molecule has 0 spiro atoms. The second-order valence-electron chi connectivity index (χ2n) is 4.66. The fourth-order valence-electron chi connectivity index (χ4n) is 1.75. The molecule has 0 aliphatic rings. The smallest absolute Gasteiger partial charge is 0.100 e. The van der Waals surface area contributed by atoms with Gasteiger partial charge >= 0.3 is 0 Å². The number of alkyl halides is 1. The highest BCUT2D eigenvalue weighted by Gasteiger charge is 2.28. The molecule has 0 saturated heterocycles. The van der Waals surface area contributed by atoms with Crippen LogP contribution < -0.4 is 0 Å². The summed E-state index contributed by atoms with van der Waals surface area (Å²) in [6.45, 7) is 6.42. The lowest BCUT2D eigenvalue weighted by Crippen LogP contribution is -2.30. The van der Waals surface area contributed by atoms with E-state index in [-0.39, 0.29) is 5.60 Å². The molecular weight excluding hydrogens is 419 g/mol. The molecule has 0 radical (unpaired) electrons. The van der Waals surface area contributed by atoms with Crippen LogP contribution in [0.4, 0.5) is 0 Å². The molecule has 0 N–H and O–H groups in total. The van der Waals surface area contributed by atoms with E-state index in [0.29, 0.717) is 13.2 Å². The average molecular weight is 441 g/mol. The summed E-state index contributed by atoms with van der Waals surface area (Å²) in [5.74, 6) is 0. The zero-order chi connectivity index (χ0) is 14.1. The molecule has 2 nitrogen and oxygen atoms in total. The fourth-order valence-corrected chi connectivity index (χ4v) is 3.09. The van der Waals surface area contributed by atoms with Crippen LogP contribution in [0.5, 0.6) is 0 Å². The number of halogens is 2. The molecule has 1 aromatic carbocycles. The first-order chi connectivity index (χ1) is 9.14. The lowest BCUT2D eigenvalue weighted by molar-refractivity contribution is -0.0454.